The van der Waals surface area contributed by atoms with Gasteiger partial charge >= 0.3 is 0 Å². The first-order valence-electron chi connectivity index (χ1n) is 2.47. The van der Waals surface area contributed by atoms with Crippen LogP contribution >= 0.6 is 12.2 Å². The Morgan fingerprint density at radius 3 is 2.89 bits per heavy atom. The molecule has 0 spiro atoms. The van der Waals surface area contributed by atoms with Crippen molar-refractivity contribution < 1.29 is 9.90 Å². The Kier molecular flexibility index (Phi) is 1.63. The Morgan fingerprint density at radius 2 is 2.44 bits per heavy atom. The lowest BCUT2D eigenvalue weighted by Crippen LogP contribution is -2.54. The summed E-state index contributed by atoms with van der Waals surface area (Å²) in [6, 6.07) is 0. The Hall–Kier alpha value is -0.680. The average Bonchev–Trinajstić information content (AvgIpc) is 1.80. The highest BCUT2D eigenvalue weighted by Gasteiger charge is 2.20. The molecule has 0 saturated carbocycles. The minimum absolute atomic E-state index is 0.213. The molecule has 1 aliphatic heterocycles. The Morgan fingerprint density at radius 1 is 1.78 bits per heavy atom. The van der Waals surface area contributed by atoms with Crippen molar-refractivity contribution in [1.82, 2.24) is 10.6 Å². The standard InChI is InChI=1S/C4H6N2O2S/c7-2-1-5-4(9)6-3(2)8/h2,7H,1H2,(H2,5,6,8,9). The van der Waals surface area contributed by atoms with Crippen molar-refractivity contribution in [3.8, 4) is 0 Å². The molecule has 1 unspecified atom stereocenters. The van der Waals surface area contributed by atoms with Gasteiger partial charge in [0, 0.05) is 0 Å². The predicted molar refractivity (Wildman–Crippen MR) is 34.8 cm³/mol. The predicted octanol–water partition coefficient (Wildman–Crippen LogP) is -1.65. The van der Waals surface area contributed by atoms with Crippen molar-refractivity contribution in [1.29, 1.82) is 0 Å². The number of carbonyl (C=O) groups is 1. The average molecular weight is 146 g/mol. The zero-order valence-corrected chi connectivity index (χ0v) is 5.36. The molecule has 4 nitrogen and oxygen atoms in total. The maximum atomic E-state index is 10.5. The lowest BCUT2D eigenvalue weighted by Gasteiger charge is -2.19. The fourth-order valence-corrected chi connectivity index (χ4v) is 0.705. The largest absolute Gasteiger partial charge is 0.381 e. The van der Waals surface area contributed by atoms with E-state index in [1.165, 1.54) is 0 Å². The van der Waals surface area contributed by atoms with Gasteiger partial charge in [-0.3, -0.25) is 4.79 Å². The summed E-state index contributed by atoms with van der Waals surface area (Å²) in [7, 11) is 0. The van der Waals surface area contributed by atoms with Crippen LogP contribution in [0, 0.1) is 0 Å². The topological polar surface area (TPSA) is 61.4 Å². The molecule has 1 atom stereocenters. The van der Waals surface area contributed by atoms with Crippen LogP contribution in [0.15, 0.2) is 0 Å². The first-order valence-corrected chi connectivity index (χ1v) is 2.88. The van der Waals surface area contributed by atoms with Gasteiger partial charge in [-0.15, -0.1) is 0 Å². The number of nitrogens with one attached hydrogen (secondary N) is 2. The summed E-state index contributed by atoms with van der Waals surface area (Å²) in [6.07, 6.45) is -0.961. The summed E-state index contributed by atoms with van der Waals surface area (Å²) >= 11 is 4.58. The SMILES string of the molecule is O=C1NC(=S)NCC1O. The number of amides is 1. The van der Waals surface area contributed by atoms with E-state index in [1.54, 1.807) is 0 Å². The van der Waals surface area contributed by atoms with Gasteiger partial charge in [0.1, 0.15) is 6.10 Å². The molecule has 0 aliphatic carbocycles. The van der Waals surface area contributed by atoms with Gasteiger partial charge in [0.2, 0.25) is 0 Å². The number of hydrogen-bond acceptors (Lipinski definition) is 3. The van der Waals surface area contributed by atoms with Gasteiger partial charge in [-0.1, -0.05) is 0 Å². The zero-order valence-electron chi connectivity index (χ0n) is 4.55. The maximum Gasteiger partial charge on any atom is 0.256 e. The monoisotopic (exact) mass is 146 g/mol. The van der Waals surface area contributed by atoms with E-state index in [2.05, 4.69) is 22.9 Å². The van der Waals surface area contributed by atoms with Gasteiger partial charge in [-0.05, 0) is 12.2 Å². The molecule has 1 heterocycles. The van der Waals surface area contributed by atoms with E-state index in [0.29, 0.717) is 0 Å². The molecule has 0 radical (unpaired) electrons. The summed E-state index contributed by atoms with van der Waals surface area (Å²) in [6.45, 7) is 0.213. The zero-order chi connectivity index (χ0) is 6.85. The van der Waals surface area contributed by atoms with Crippen LogP contribution in [0.4, 0.5) is 0 Å². The minimum atomic E-state index is -0.961. The first kappa shape index (κ1) is 6.44. The van der Waals surface area contributed by atoms with Crippen LogP contribution in [0.3, 0.4) is 0 Å². The molecule has 1 amide bonds. The van der Waals surface area contributed by atoms with Crippen LogP contribution in [0.25, 0.3) is 0 Å². The number of β-amino-alcohol motifs (C(OH)–C–C–N with tert-alkyl or cyclic N) is 1. The second kappa shape index (κ2) is 2.28. The third-order valence-corrected chi connectivity index (χ3v) is 1.24. The van der Waals surface area contributed by atoms with Crippen molar-refractivity contribution in [2.75, 3.05) is 6.54 Å². The second-order valence-corrected chi connectivity index (χ2v) is 2.12. The molecule has 9 heavy (non-hydrogen) atoms. The number of aliphatic hydroxyl groups is 1. The highest BCUT2D eigenvalue weighted by Crippen LogP contribution is 1.86. The molecule has 1 saturated heterocycles. The Labute approximate surface area is 57.2 Å². The molecule has 1 aliphatic rings. The van der Waals surface area contributed by atoms with E-state index in [9.17, 15) is 4.79 Å². The van der Waals surface area contributed by atoms with E-state index in [0.717, 1.165) is 0 Å². The van der Waals surface area contributed by atoms with E-state index in [-0.39, 0.29) is 11.7 Å². The van der Waals surface area contributed by atoms with Crippen LogP contribution in [-0.2, 0) is 4.79 Å². The summed E-state index contributed by atoms with van der Waals surface area (Å²) in [5.74, 6) is -0.432. The maximum absolute atomic E-state index is 10.5. The molecular weight excluding hydrogens is 140 g/mol. The second-order valence-electron chi connectivity index (χ2n) is 1.72. The summed E-state index contributed by atoms with van der Waals surface area (Å²) in [5, 5.41) is 13.9. The number of carbonyl (C=O) groups excluding carboxylic acids is 1. The van der Waals surface area contributed by atoms with Crippen molar-refractivity contribution in [2.24, 2.45) is 0 Å². The van der Waals surface area contributed by atoms with Gasteiger partial charge in [-0.25, -0.2) is 0 Å². The Bertz CT molecular complexity index is 159. The molecule has 50 valence electrons. The van der Waals surface area contributed by atoms with Crippen LogP contribution in [0.1, 0.15) is 0 Å². The Balaban J connectivity index is 2.54. The van der Waals surface area contributed by atoms with Crippen molar-refractivity contribution in [2.45, 2.75) is 6.10 Å². The van der Waals surface area contributed by atoms with Gasteiger partial charge < -0.3 is 15.7 Å². The number of aliphatic hydroxyl groups excluding tert-OH is 1. The van der Waals surface area contributed by atoms with Crippen LogP contribution in [0.2, 0.25) is 0 Å². The molecule has 0 aromatic carbocycles. The van der Waals surface area contributed by atoms with Crippen LogP contribution in [0.5, 0.6) is 0 Å². The van der Waals surface area contributed by atoms with Crippen molar-refractivity contribution in [3.05, 3.63) is 0 Å². The fourth-order valence-electron chi connectivity index (χ4n) is 0.521. The van der Waals surface area contributed by atoms with E-state index >= 15 is 0 Å². The molecule has 1 rings (SSSR count). The highest BCUT2D eigenvalue weighted by molar-refractivity contribution is 7.80. The highest BCUT2D eigenvalue weighted by atomic mass is 32.1. The minimum Gasteiger partial charge on any atom is -0.381 e. The van der Waals surface area contributed by atoms with Crippen molar-refractivity contribution in [3.63, 3.8) is 0 Å². The fraction of sp³-hybridized carbons (Fsp3) is 0.500. The van der Waals surface area contributed by atoms with Crippen molar-refractivity contribution >= 4 is 23.2 Å². The summed E-state index contributed by atoms with van der Waals surface area (Å²) in [5.41, 5.74) is 0. The van der Waals surface area contributed by atoms with E-state index < -0.39 is 12.0 Å². The third-order valence-electron chi connectivity index (χ3n) is 0.995. The van der Waals surface area contributed by atoms with E-state index in [1.807, 2.05) is 0 Å². The lowest BCUT2D eigenvalue weighted by atomic mass is 10.3. The molecular formula is C4H6N2O2S. The third kappa shape index (κ3) is 1.36. The molecule has 1 fully saturated rings. The number of thiocarbonyl (C=S) groups is 1. The van der Waals surface area contributed by atoms with Crippen LogP contribution in [-0.4, -0.2) is 28.8 Å². The van der Waals surface area contributed by atoms with E-state index in [4.69, 9.17) is 5.11 Å². The molecule has 3 N–H and O–H groups in total. The van der Waals surface area contributed by atoms with Gasteiger partial charge in [0.15, 0.2) is 5.11 Å². The normalized spacial score (nSPS) is 27.0. The van der Waals surface area contributed by atoms with Gasteiger partial charge in [0.25, 0.3) is 5.91 Å². The van der Waals surface area contributed by atoms with Gasteiger partial charge in [-0.2, -0.15) is 0 Å². The van der Waals surface area contributed by atoms with Gasteiger partial charge in [0.05, 0.1) is 6.54 Å². The molecule has 0 bridgehead atoms. The molecule has 0 aromatic rings. The summed E-state index contributed by atoms with van der Waals surface area (Å²) in [4.78, 5) is 10.5. The number of rotatable bonds is 0. The molecule has 0 aromatic heterocycles. The number of hydrogen-bond donors (Lipinski definition) is 3. The quantitative estimate of drug-likeness (QED) is 0.358. The molecule has 5 heteroatoms. The summed E-state index contributed by atoms with van der Waals surface area (Å²) < 4.78 is 0. The lowest BCUT2D eigenvalue weighted by molar-refractivity contribution is -0.128. The first-order chi connectivity index (χ1) is 4.20. The smallest absolute Gasteiger partial charge is 0.256 e. The van der Waals surface area contributed by atoms with Crippen LogP contribution < -0.4 is 10.6 Å².